The van der Waals surface area contributed by atoms with Gasteiger partial charge < -0.3 is 0 Å². The van der Waals surface area contributed by atoms with Crippen LogP contribution in [0, 0.1) is 0 Å². The Hall–Kier alpha value is -1.40. The van der Waals surface area contributed by atoms with E-state index >= 15 is 0 Å². The Kier molecular flexibility index (Phi) is 3.24. The summed E-state index contributed by atoms with van der Waals surface area (Å²) >= 11 is 0. The van der Waals surface area contributed by atoms with Gasteiger partial charge in [0.2, 0.25) is 6.08 Å². The van der Waals surface area contributed by atoms with E-state index in [4.69, 9.17) is 0 Å². The van der Waals surface area contributed by atoms with Gasteiger partial charge in [0.15, 0.2) is 0 Å². The molecule has 0 aromatic carbocycles. The molecular weight excluding hydrogens is 150 g/mol. The summed E-state index contributed by atoms with van der Waals surface area (Å²) in [4.78, 5) is 13.5. The lowest BCUT2D eigenvalue weighted by atomic mass is 10.1. The molecule has 0 saturated heterocycles. The van der Waals surface area contributed by atoms with Gasteiger partial charge in [-0.2, -0.15) is 4.99 Å². The maximum Gasteiger partial charge on any atom is 0.240 e. The van der Waals surface area contributed by atoms with Gasteiger partial charge in [0.25, 0.3) is 0 Å². The molecule has 1 aliphatic carbocycles. The highest BCUT2D eigenvalue weighted by Crippen LogP contribution is 2.14. The lowest BCUT2D eigenvalue weighted by Gasteiger charge is -1.95. The Morgan fingerprint density at radius 3 is 3.17 bits per heavy atom. The molecule has 2 nitrogen and oxygen atoms in total. The second-order valence-electron chi connectivity index (χ2n) is 2.57. The molecule has 0 aliphatic heterocycles. The average Bonchev–Trinajstić information content (AvgIpc) is 2.31. The van der Waals surface area contributed by atoms with Crippen molar-refractivity contribution in [3.05, 3.63) is 35.6 Å². The Morgan fingerprint density at radius 1 is 1.67 bits per heavy atom. The summed E-state index contributed by atoms with van der Waals surface area (Å²) in [5.74, 6) is 0. The molecule has 0 bridgehead atoms. The number of allylic oxidation sites excluding steroid dienone is 5. The molecule has 0 saturated carbocycles. The van der Waals surface area contributed by atoms with E-state index in [1.807, 2.05) is 18.2 Å². The van der Waals surface area contributed by atoms with Crippen molar-refractivity contribution in [2.24, 2.45) is 4.99 Å². The molecule has 0 atom stereocenters. The minimum absolute atomic E-state index is 0.699. The van der Waals surface area contributed by atoms with Gasteiger partial charge in [-0.1, -0.05) is 30.7 Å². The Bertz CT molecular complexity index is 291. The molecule has 0 unspecified atom stereocenters. The second kappa shape index (κ2) is 4.47. The van der Waals surface area contributed by atoms with Crippen molar-refractivity contribution in [3.8, 4) is 0 Å². The SMILES string of the molecule is CCC1=CC=CC(N=C=O)=CC1. The van der Waals surface area contributed by atoms with Crippen LogP contribution in [0.15, 0.2) is 40.6 Å². The molecular formula is C10H11NO. The molecule has 0 radical (unpaired) electrons. The van der Waals surface area contributed by atoms with E-state index in [9.17, 15) is 4.79 Å². The lowest BCUT2D eigenvalue weighted by molar-refractivity contribution is 0.565. The monoisotopic (exact) mass is 161 g/mol. The summed E-state index contributed by atoms with van der Waals surface area (Å²) in [6.07, 6.45) is 11.2. The van der Waals surface area contributed by atoms with Crippen molar-refractivity contribution in [3.63, 3.8) is 0 Å². The van der Waals surface area contributed by atoms with Crippen molar-refractivity contribution in [1.29, 1.82) is 0 Å². The van der Waals surface area contributed by atoms with Crippen LogP contribution >= 0.6 is 0 Å². The topological polar surface area (TPSA) is 29.4 Å². The van der Waals surface area contributed by atoms with Crippen LogP contribution in [0.25, 0.3) is 0 Å². The summed E-state index contributed by atoms with van der Waals surface area (Å²) < 4.78 is 0. The van der Waals surface area contributed by atoms with Crippen LogP contribution in [0.4, 0.5) is 0 Å². The molecule has 1 aliphatic rings. The number of nitrogens with zero attached hydrogens (tertiary/aromatic N) is 1. The van der Waals surface area contributed by atoms with E-state index in [1.54, 1.807) is 0 Å². The number of hydrogen-bond acceptors (Lipinski definition) is 2. The minimum Gasteiger partial charge on any atom is -0.211 e. The predicted octanol–water partition coefficient (Wildman–Crippen LogP) is 2.50. The van der Waals surface area contributed by atoms with Gasteiger partial charge in [0.05, 0.1) is 5.70 Å². The van der Waals surface area contributed by atoms with Crippen LogP contribution in [0.3, 0.4) is 0 Å². The summed E-state index contributed by atoms with van der Waals surface area (Å²) in [5.41, 5.74) is 2.05. The van der Waals surface area contributed by atoms with Crippen LogP contribution in [-0.2, 0) is 4.79 Å². The highest BCUT2D eigenvalue weighted by atomic mass is 16.1. The Balaban J connectivity index is 2.77. The molecule has 62 valence electrons. The van der Waals surface area contributed by atoms with Crippen LogP contribution in [-0.4, -0.2) is 6.08 Å². The molecule has 0 amide bonds. The Labute approximate surface area is 72.0 Å². The summed E-state index contributed by atoms with van der Waals surface area (Å²) in [6, 6.07) is 0. The fourth-order valence-corrected chi connectivity index (χ4v) is 1.05. The third-order valence-electron chi connectivity index (χ3n) is 1.80. The molecule has 12 heavy (non-hydrogen) atoms. The van der Waals surface area contributed by atoms with E-state index in [1.165, 1.54) is 11.7 Å². The number of carbonyl (C=O) groups excluding carboxylic acids is 1. The molecule has 0 N–H and O–H groups in total. The Morgan fingerprint density at radius 2 is 2.50 bits per heavy atom. The highest BCUT2D eigenvalue weighted by molar-refractivity contribution is 5.41. The van der Waals surface area contributed by atoms with Crippen LogP contribution in [0.2, 0.25) is 0 Å². The van der Waals surface area contributed by atoms with Crippen molar-refractivity contribution < 1.29 is 4.79 Å². The maximum absolute atomic E-state index is 9.95. The first kappa shape index (κ1) is 8.69. The predicted molar refractivity (Wildman–Crippen MR) is 48.3 cm³/mol. The van der Waals surface area contributed by atoms with Gasteiger partial charge >= 0.3 is 0 Å². The van der Waals surface area contributed by atoms with E-state index < -0.39 is 0 Å². The van der Waals surface area contributed by atoms with E-state index in [2.05, 4.69) is 18.0 Å². The number of aliphatic imine (C=N–C) groups is 1. The molecule has 0 aromatic heterocycles. The molecule has 0 heterocycles. The van der Waals surface area contributed by atoms with Gasteiger partial charge in [0.1, 0.15) is 0 Å². The zero-order chi connectivity index (χ0) is 8.81. The zero-order valence-electron chi connectivity index (χ0n) is 7.08. The fraction of sp³-hybridized carbons (Fsp3) is 0.300. The molecule has 1 rings (SSSR count). The third kappa shape index (κ3) is 2.33. The van der Waals surface area contributed by atoms with Crippen LogP contribution in [0.1, 0.15) is 19.8 Å². The van der Waals surface area contributed by atoms with Gasteiger partial charge in [-0.3, -0.25) is 0 Å². The first-order chi connectivity index (χ1) is 5.86. The van der Waals surface area contributed by atoms with Gasteiger partial charge in [-0.05, 0) is 18.9 Å². The van der Waals surface area contributed by atoms with Gasteiger partial charge in [-0.15, -0.1) is 0 Å². The standard InChI is InChI=1S/C10H11NO/c1-2-9-4-3-5-10(7-6-9)11-8-12/h3-5,7H,2,6H2,1H3. The highest BCUT2D eigenvalue weighted by Gasteiger charge is 1.96. The van der Waals surface area contributed by atoms with Crippen molar-refractivity contribution in [2.75, 3.05) is 0 Å². The number of hydrogen-bond donors (Lipinski definition) is 0. The molecule has 0 fully saturated rings. The fourth-order valence-electron chi connectivity index (χ4n) is 1.05. The second-order valence-corrected chi connectivity index (χ2v) is 2.57. The summed E-state index contributed by atoms with van der Waals surface area (Å²) in [6.45, 7) is 2.11. The quantitative estimate of drug-likeness (QED) is 0.452. The van der Waals surface area contributed by atoms with Crippen molar-refractivity contribution >= 4 is 6.08 Å². The van der Waals surface area contributed by atoms with Gasteiger partial charge in [-0.25, -0.2) is 4.79 Å². The normalized spacial score (nSPS) is 15.8. The first-order valence-electron chi connectivity index (χ1n) is 4.01. The average molecular weight is 161 g/mol. The summed E-state index contributed by atoms with van der Waals surface area (Å²) in [7, 11) is 0. The van der Waals surface area contributed by atoms with Crippen molar-refractivity contribution in [2.45, 2.75) is 19.8 Å². The number of rotatable bonds is 2. The molecule has 0 aromatic rings. The molecule has 0 spiro atoms. The lowest BCUT2D eigenvalue weighted by Crippen LogP contribution is -1.76. The van der Waals surface area contributed by atoms with E-state index in [-0.39, 0.29) is 0 Å². The van der Waals surface area contributed by atoms with E-state index in [0.717, 1.165) is 12.8 Å². The molecule has 2 heteroatoms. The maximum atomic E-state index is 9.95. The van der Waals surface area contributed by atoms with Crippen LogP contribution < -0.4 is 0 Å². The van der Waals surface area contributed by atoms with Crippen LogP contribution in [0.5, 0.6) is 0 Å². The number of isocyanates is 1. The first-order valence-corrected chi connectivity index (χ1v) is 4.01. The van der Waals surface area contributed by atoms with Gasteiger partial charge in [0, 0.05) is 0 Å². The summed E-state index contributed by atoms with van der Waals surface area (Å²) in [5, 5.41) is 0. The minimum atomic E-state index is 0.699. The largest absolute Gasteiger partial charge is 0.240 e. The third-order valence-corrected chi connectivity index (χ3v) is 1.80. The zero-order valence-corrected chi connectivity index (χ0v) is 7.08. The van der Waals surface area contributed by atoms with Crippen molar-refractivity contribution in [1.82, 2.24) is 0 Å². The van der Waals surface area contributed by atoms with E-state index in [0.29, 0.717) is 5.70 Å². The smallest absolute Gasteiger partial charge is 0.211 e.